The number of hydrogen-bond acceptors (Lipinski definition) is 4. The molecule has 0 aliphatic carbocycles. The summed E-state index contributed by atoms with van der Waals surface area (Å²) in [5.74, 6) is -1.46. The molecule has 30 heavy (non-hydrogen) atoms. The Bertz CT molecular complexity index is 1250. The molecule has 0 radical (unpaired) electrons. The predicted molar refractivity (Wildman–Crippen MR) is 110 cm³/mol. The summed E-state index contributed by atoms with van der Waals surface area (Å²) in [6, 6.07) is 12.5. The molecule has 0 atom stereocenters. The molecule has 1 amide bonds. The number of anilines is 1. The molecule has 4 aromatic rings. The molecule has 152 valence electrons. The van der Waals surface area contributed by atoms with Crippen LogP contribution in [0.2, 0.25) is 0 Å². The number of benzene rings is 2. The van der Waals surface area contributed by atoms with Crippen molar-refractivity contribution in [1.29, 1.82) is 0 Å². The summed E-state index contributed by atoms with van der Waals surface area (Å²) in [6.45, 7) is 1.93. The molecule has 0 spiro atoms. The van der Waals surface area contributed by atoms with E-state index in [2.05, 4.69) is 15.4 Å². The van der Waals surface area contributed by atoms with Crippen molar-refractivity contribution in [3.63, 3.8) is 0 Å². The van der Waals surface area contributed by atoms with Gasteiger partial charge in [-0.3, -0.25) is 4.79 Å². The SMILES string of the molecule is CCc1cc(-c2ccc3nc(N)nn3c2)ccc1C(=O)NCc1ccc(F)cc1F. The number of nitrogens with zero attached hydrogens (tertiary/aromatic N) is 3. The molecule has 8 heteroatoms. The number of halogens is 2. The average molecular weight is 407 g/mol. The van der Waals surface area contributed by atoms with Crippen LogP contribution >= 0.6 is 0 Å². The highest BCUT2D eigenvalue weighted by Crippen LogP contribution is 2.24. The van der Waals surface area contributed by atoms with Crippen LogP contribution < -0.4 is 11.1 Å². The van der Waals surface area contributed by atoms with Gasteiger partial charge in [0.2, 0.25) is 5.95 Å². The van der Waals surface area contributed by atoms with Crippen molar-refractivity contribution in [2.45, 2.75) is 19.9 Å². The molecule has 2 heterocycles. The third-order valence-corrected chi connectivity index (χ3v) is 4.87. The first-order valence-corrected chi connectivity index (χ1v) is 9.42. The number of rotatable bonds is 5. The van der Waals surface area contributed by atoms with E-state index in [0.717, 1.165) is 28.8 Å². The fourth-order valence-electron chi connectivity index (χ4n) is 3.29. The Hall–Kier alpha value is -3.81. The van der Waals surface area contributed by atoms with Crippen LogP contribution in [-0.4, -0.2) is 20.5 Å². The monoisotopic (exact) mass is 407 g/mol. The highest BCUT2D eigenvalue weighted by molar-refractivity contribution is 5.96. The molecule has 0 fully saturated rings. The molecule has 0 saturated carbocycles. The second kappa shape index (κ2) is 7.90. The van der Waals surface area contributed by atoms with Crippen molar-refractivity contribution < 1.29 is 13.6 Å². The van der Waals surface area contributed by atoms with Crippen LogP contribution in [-0.2, 0) is 13.0 Å². The summed E-state index contributed by atoms with van der Waals surface area (Å²) < 4.78 is 28.4. The second-order valence-electron chi connectivity index (χ2n) is 6.83. The zero-order valence-electron chi connectivity index (χ0n) is 16.2. The zero-order chi connectivity index (χ0) is 21.3. The van der Waals surface area contributed by atoms with E-state index in [1.807, 2.05) is 37.4 Å². The van der Waals surface area contributed by atoms with E-state index in [4.69, 9.17) is 5.73 Å². The van der Waals surface area contributed by atoms with Gasteiger partial charge in [-0.1, -0.05) is 25.1 Å². The fraction of sp³-hybridized carbons (Fsp3) is 0.136. The van der Waals surface area contributed by atoms with Gasteiger partial charge in [0.1, 0.15) is 11.6 Å². The smallest absolute Gasteiger partial charge is 0.251 e. The van der Waals surface area contributed by atoms with E-state index in [1.165, 1.54) is 6.07 Å². The van der Waals surface area contributed by atoms with Gasteiger partial charge in [0, 0.05) is 35.5 Å². The van der Waals surface area contributed by atoms with Crippen molar-refractivity contribution in [3.8, 4) is 11.1 Å². The van der Waals surface area contributed by atoms with E-state index in [9.17, 15) is 13.6 Å². The normalized spacial score (nSPS) is 11.0. The molecule has 6 nitrogen and oxygen atoms in total. The van der Waals surface area contributed by atoms with Crippen LogP contribution in [0.15, 0.2) is 54.7 Å². The largest absolute Gasteiger partial charge is 0.366 e. The molecular formula is C22H19F2N5O. The molecule has 0 bridgehead atoms. The lowest BCUT2D eigenvalue weighted by Gasteiger charge is -2.12. The molecule has 2 aromatic heterocycles. The maximum absolute atomic E-state index is 13.8. The van der Waals surface area contributed by atoms with Gasteiger partial charge in [-0.2, -0.15) is 4.98 Å². The Labute approximate surface area is 171 Å². The third-order valence-electron chi connectivity index (χ3n) is 4.87. The van der Waals surface area contributed by atoms with Gasteiger partial charge in [-0.05, 0) is 41.8 Å². The number of carbonyl (C=O) groups is 1. The lowest BCUT2D eigenvalue weighted by Crippen LogP contribution is -2.24. The van der Waals surface area contributed by atoms with Gasteiger partial charge in [-0.25, -0.2) is 13.3 Å². The van der Waals surface area contributed by atoms with Crippen LogP contribution in [0.4, 0.5) is 14.7 Å². The lowest BCUT2D eigenvalue weighted by atomic mass is 9.98. The number of nitrogens with two attached hydrogens (primary N) is 1. The van der Waals surface area contributed by atoms with E-state index < -0.39 is 11.6 Å². The van der Waals surface area contributed by atoms with Crippen molar-refractivity contribution in [3.05, 3.63) is 83.1 Å². The second-order valence-corrected chi connectivity index (χ2v) is 6.83. The van der Waals surface area contributed by atoms with Gasteiger partial charge in [0.15, 0.2) is 5.65 Å². The number of pyridine rings is 1. The number of hydrogen-bond donors (Lipinski definition) is 2. The Morgan fingerprint density at radius 2 is 1.87 bits per heavy atom. The molecule has 2 aromatic carbocycles. The number of nitrogens with one attached hydrogen (secondary N) is 1. The van der Waals surface area contributed by atoms with E-state index in [0.29, 0.717) is 17.6 Å². The molecule has 4 rings (SSSR count). The Morgan fingerprint density at radius 1 is 1.07 bits per heavy atom. The number of amides is 1. The van der Waals surface area contributed by atoms with E-state index >= 15 is 0 Å². The molecular weight excluding hydrogens is 388 g/mol. The summed E-state index contributed by atoms with van der Waals surface area (Å²) in [5.41, 5.74) is 9.69. The van der Waals surface area contributed by atoms with Crippen LogP contribution in [0.1, 0.15) is 28.4 Å². The van der Waals surface area contributed by atoms with Gasteiger partial charge in [-0.15, -0.1) is 5.10 Å². The minimum absolute atomic E-state index is 0.0275. The van der Waals surface area contributed by atoms with Gasteiger partial charge in [0.05, 0.1) is 0 Å². The summed E-state index contributed by atoms with van der Waals surface area (Å²) >= 11 is 0. The molecule has 0 unspecified atom stereocenters. The van der Waals surface area contributed by atoms with Crippen LogP contribution in [0.5, 0.6) is 0 Å². The molecule has 0 aliphatic heterocycles. The van der Waals surface area contributed by atoms with Gasteiger partial charge < -0.3 is 11.1 Å². The van der Waals surface area contributed by atoms with Crippen LogP contribution in [0.3, 0.4) is 0 Å². The fourth-order valence-corrected chi connectivity index (χ4v) is 3.29. The Balaban J connectivity index is 1.57. The first-order valence-electron chi connectivity index (χ1n) is 9.42. The minimum Gasteiger partial charge on any atom is -0.366 e. The standard InChI is InChI=1S/C22H19F2N5O/c1-2-13-9-14(16-5-8-20-27-22(25)28-29(20)12-16)4-7-18(13)21(30)26-11-15-3-6-17(23)10-19(15)24/h3-10,12H,2,11H2,1H3,(H2,25,28)(H,26,30). The maximum atomic E-state index is 13.8. The van der Waals surface area contributed by atoms with E-state index in [1.54, 1.807) is 10.6 Å². The first kappa shape index (κ1) is 19.5. The minimum atomic E-state index is -0.689. The highest BCUT2D eigenvalue weighted by atomic mass is 19.1. The van der Waals surface area contributed by atoms with Crippen molar-refractivity contribution in [1.82, 2.24) is 19.9 Å². The third kappa shape index (κ3) is 3.84. The number of aryl methyl sites for hydroxylation is 1. The topological polar surface area (TPSA) is 85.3 Å². The lowest BCUT2D eigenvalue weighted by molar-refractivity contribution is 0.0949. The highest BCUT2D eigenvalue weighted by Gasteiger charge is 2.13. The number of nitrogen functional groups attached to an aromatic ring is 1. The molecule has 0 aliphatic rings. The van der Waals surface area contributed by atoms with Crippen molar-refractivity contribution >= 4 is 17.5 Å². The first-order chi connectivity index (χ1) is 14.4. The summed E-state index contributed by atoms with van der Waals surface area (Å²) in [5, 5.41) is 6.82. The van der Waals surface area contributed by atoms with Crippen LogP contribution in [0, 0.1) is 11.6 Å². The predicted octanol–water partition coefficient (Wildman–Crippen LogP) is 3.75. The van der Waals surface area contributed by atoms with Gasteiger partial charge in [0.25, 0.3) is 5.91 Å². The van der Waals surface area contributed by atoms with Crippen LogP contribution in [0.25, 0.3) is 16.8 Å². The number of fused-ring (bicyclic) bond motifs is 1. The summed E-state index contributed by atoms with van der Waals surface area (Å²) in [6.07, 6.45) is 2.46. The zero-order valence-corrected chi connectivity index (χ0v) is 16.2. The Kier molecular flexibility index (Phi) is 5.14. The van der Waals surface area contributed by atoms with Gasteiger partial charge >= 0.3 is 0 Å². The number of carbonyl (C=O) groups excluding carboxylic acids is 1. The Morgan fingerprint density at radius 3 is 2.63 bits per heavy atom. The van der Waals surface area contributed by atoms with Crippen molar-refractivity contribution in [2.24, 2.45) is 0 Å². The van der Waals surface area contributed by atoms with E-state index in [-0.39, 0.29) is 24.0 Å². The quantitative estimate of drug-likeness (QED) is 0.528. The average Bonchev–Trinajstić information content (AvgIpc) is 3.11. The number of aromatic nitrogens is 3. The molecule has 3 N–H and O–H groups in total. The summed E-state index contributed by atoms with van der Waals surface area (Å²) in [7, 11) is 0. The maximum Gasteiger partial charge on any atom is 0.251 e. The molecule has 0 saturated heterocycles. The van der Waals surface area contributed by atoms with Crippen molar-refractivity contribution in [2.75, 3.05) is 5.73 Å². The summed E-state index contributed by atoms with van der Waals surface area (Å²) in [4.78, 5) is 16.8.